The summed E-state index contributed by atoms with van der Waals surface area (Å²) in [5.41, 5.74) is 2.29. The molecule has 1 aromatic carbocycles. The highest BCUT2D eigenvalue weighted by atomic mass is 32.1. The Labute approximate surface area is 198 Å². The maximum atomic E-state index is 5.71. The van der Waals surface area contributed by atoms with Crippen LogP contribution in [-0.4, -0.2) is 62.4 Å². The number of aromatic nitrogens is 4. The van der Waals surface area contributed by atoms with Gasteiger partial charge in [0.05, 0.1) is 19.5 Å². The number of ether oxygens (including phenoxy) is 1. The lowest BCUT2D eigenvalue weighted by Crippen LogP contribution is -2.46. The standard InChI is InChI=1S/C23H30N6OS2/c1-3-28-21(17-4-5-17)25-29(23(28)31)16-27-12-10-26(11-13-27)14-19-15-32-22(24-19)18-6-8-20(30-2)9-7-18/h6-9,15,17H,3-5,10-14,16H2,1-2H3. The van der Waals surface area contributed by atoms with Crippen LogP contribution >= 0.6 is 23.6 Å². The largest absolute Gasteiger partial charge is 0.497 e. The van der Waals surface area contributed by atoms with E-state index in [0.29, 0.717) is 5.92 Å². The SMILES string of the molecule is CCn1c(C2CC2)nn(CN2CCN(Cc3csc(-c4ccc(OC)cc4)n3)CC2)c1=S. The van der Waals surface area contributed by atoms with Crippen molar-refractivity contribution in [3.63, 3.8) is 0 Å². The second-order valence-corrected chi connectivity index (χ2v) is 9.79. The molecule has 5 rings (SSSR count). The third kappa shape index (κ3) is 4.66. The lowest BCUT2D eigenvalue weighted by Gasteiger charge is -2.34. The number of benzene rings is 1. The molecule has 1 aliphatic heterocycles. The maximum absolute atomic E-state index is 5.71. The summed E-state index contributed by atoms with van der Waals surface area (Å²) < 4.78 is 10.4. The summed E-state index contributed by atoms with van der Waals surface area (Å²) in [6.07, 6.45) is 2.50. The zero-order valence-electron chi connectivity index (χ0n) is 18.7. The topological polar surface area (TPSA) is 51.4 Å². The molecule has 0 bridgehead atoms. The molecule has 7 nitrogen and oxygen atoms in total. The molecule has 170 valence electrons. The Morgan fingerprint density at radius 2 is 1.81 bits per heavy atom. The second-order valence-electron chi connectivity index (χ2n) is 8.57. The van der Waals surface area contributed by atoms with E-state index in [1.807, 2.05) is 16.8 Å². The van der Waals surface area contributed by atoms with E-state index in [1.165, 1.54) is 18.7 Å². The van der Waals surface area contributed by atoms with E-state index in [4.69, 9.17) is 27.0 Å². The van der Waals surface area contributed by atoms with Crippen LogP contribution in [0, 0.1) is 4.77 Å². The highest BCUT2D eigenvalue weighted by molar-refractivity contribution is 7.71. The second kappa shape index (κ2) is 9.43. The smallest absolute Gasteiger partial charge is 0.199 e. The molecule has 1 aliphatic carbocycles. The highest BCUT2D eigenvalue weighted by Crippen LogP contribution is 2.39. The molecule has 3 aromatic rings. The molecule has 0 amide bonds. The van der Waals surface area contributed by atoms with Crippen molar-refractivity contribution < 1.29 is 4.74 Å². The zero-order chi connectivity index (χ0) is 22.1. The lowest BCUT2D eigenvalue weighted by molar-refractivity contribution is 0.0972. The van der Waals surface area contributed by atoms with E-state index >= 15 is 0 Å². The Bertz CT molecular complexity index is 1110. The molecule has 2 aliphatic rings. The number of hydrogen-bond acceptors (Lipinski definition) is 7. The van der Waals surface area contributed by atoms with Gasteiger partial charge in [-0.25, -0.2) is 9.67 Å². The highest BCUT2D eigenvalue weighted by Gasteiger charge is 2.30. The monoisotopic (exact) mass is 470 g/mol. The van der Waals surface area contributed by atoms with Crippen LogP contribution in [0.15, 0.2) is 29.6 Å². The first-order chi connectivity index (χ1) is 15.6. The molecule has 0 radical (unpaired) electrons. The number of piperazine rings is 1. The number of rotatable bonds is 8. The van der Waals surface area contributed by atoms with Gasteiger partial charge in [0.15, 0.2) is 4.77 Å². The normalized spacial score (nSPS) is 17.7. The Kier molecular flexibility index (Phi) is 6.41. The van der Waals surface area contributed by atoms with Crippen LogP contribution in [-0.2, 0) is 19.8 Å². The zero-order valence-corrected chi connectivity index (χ0v) is 20.4. The first-order valence-corrected chi connectivity index (χ1v) is 12.6. The van der Waals surface area contributed by atoms with Crippen molar-refractivity contribution in [2.45, 2.75) is 45.4 Å². The molecule has 0 unspecified atom stereocenters. The van der Waals surface area contributed by atoms with Gasteiger partial charge in [0.2, 0.25) is 0 Å². The van der Waals surface area contributed by atoms with Crippen LogP contribution in [0.4, 0.5) is 0 Å². The third-order valence-electron chi connectivity index (χ3n) is 6.28. The summed E-state index contributed by atoms with van der Waals surface area (Å²) >= 11 is 7.41. The Hall–Kier alpha value is -2.07. The van der Waals surface area contributed by atoms with Crippen LogP contribution in [0.3, 0.4) is 0 Å². The summed E-state index contributed by atoms with van der Waals surface area (Å²) in [6, 6.07) is 8.11. The molecule has 0 N–H and O–H groups in total. The van der Waals surface area contributed by atoms with E-state index in [0.717, 1.165) is 72.7 Å². The first kappa shape index (κ1) is 21.8. The minimum absolute atomic E-state index is 0.621. The quantitative estimate of drug-likeness (QED) is 0.460. The van der Waals surface area contributed by atoms with Crippen molar-refractivity contribution in [3.05, 3.63) is 45.9 Å². The van der Waals surface area contributed by atoms with E-state index in [-0.39, 0.29) is 0 Å². The number of thiazole rings is 1. The van der Waals surface area contributed by atoms with Gasteiger partial charge >= 0.3 is 0 Å². The average molecular weight is 471 g/mol. The molecule has 1 saturated heterocycles. The van der Waals surface area contributed by atoms with Gasteiger partial charge in [-0.15, -0.1) is 11.3 Å². The molecule has 0 spiro atoms. The molecule has 3 heterocycles. The van der Waals surface area contributed by atoms with Crippen molar-refractivity contribution in [1.29, 1.82) is 0 Å². The predicted molar refractivity (Wildman–Crippen MR) is 130 cm³/mol. The van der Waals surface area contributed by atoms with E-state index in [2.05, 4.69) is 38.8 Å². The lowest BCUT2D eigenvalue weighted by atomic mass is 10.2. The van der Waals surface area contributed by atoms with Gasteiger partial charge in [0, 0.05) is 56.1 Å². The molecule has 2 fully saturated rings. The Morgan fingerprint density at radius 1 is 1.09 bits per heavy atom. The van der Waals surface area contributed by atoms with Gasteiger partial charge in [-0.3, -0.25) is 9.80 Å². The summed E-state index contributed by atoms with van der Waals surface area (Å²) in [6.45, 7) is 8.87. The van der Waals surface area contributed by atoms with E-state index in [9.17, 15) is 0 Å². The number of hydrogen-bond donors (Lipinski definition) is 0. The fraction of sp³-hybridized carbons (Fsp3) is 0.522. The van der Waals surface area contributed by atoms with Gasteiger partial charge in [0.25, 0.3) is 0 Å². The fourth-order valence-corrected chi connectivity index (χ4v) is 5.38. The summed E-state index contributed by atoms with van der Waals surface area (Å²) in [7, 11) is 1.69. The minimum atomic E-state index is 0.621. The van der Waals surface area contributed by atoms with Crippen molar-refractivity contribution in [2.24, 2.45) is 0 Å². The number of methoxy groups -OCH3 is 1. The van der Waals surface area contributed by atoms with E-state index < -0.39 is 0 Å². The molecule has 9 heteroatoms. The Morgan fingerprint density at radius 3 is 2.47 bits per heavy atom. The first-order valence-electron chi connectivity index (χ1n) is 11.4. The van der Waals surface area contributed by atoms with Crippen LogP contribution in [0.25, 0.3) is 10.6 Å². The maximum Gasteiger partial charge on any atom is 0.199 e. The van der Waals surface area contributed by atoms with Crippen molar-refractivity contribution in [3.8, 4) is 16.3 Å². The van der Waals surface area contributed by atoms with Crippen molar-refractivity contribution in [1.82, 2.24) is 29.1 Å². The molecule has 1 saturated carbocycles. The third-order valence-corrected chi connectivity index (χ3v) is 7.65. The molecular formula is C23H30N6OS2. The van der Waals surface area contributed by atoms with E-state index in [1.54, 1.807) is 18.4 Å². The van der Waals surface area contributed by atoms with Crippen molar-refractivity contribution >= 4 is 23.6 Å². The molecular weight excluding hydrogens is 440 g/mol. The molecule has 0 atom stereocenters. The van der Waals surface area contributed by atoms with Crippen molar-refractivity contribution in [2.75, 3.05) is 33.3 Å². The minimum Gasteiger partial charge on any atom is -0.497 e. The Balaban J connectivity index is 1.15. The van der Waals surface area contributed by atoms with Crippen LogP contribution in [0.1, 0.15) is 37.2 Å². The summed E-state index contributed by atoms with van der Waals surface area (Å²) in [4.78, 5) is 9.81. The average Bonchev–Trinajstić information content (AvgIpc) is 3.49. The summed E-state index contributed by atoms with van der Waals surface area (Å²) in [5.74, 6) is 2.68. The summed E-state index contributed by atoms with van der Waals surface area (Å²) in [5, 5.41) is 8.12. The van der Waals surface area contributed by atoms with Gasteiger partial charge < -0.3 is 9.30 Å². The van der Waals surface area contributed by atoms with Gasteiger partial charge in [0.1, 0.15) is 16.6 Å². The van der Waals surface area contributed by atoms with Gasteiger partial charge in [-0.05, 0) is 56.2 Å². The van der Waals surface area contributed by atoms with Gasteiger partial charge in [-0.1, -0.05) is 0 Å². The van der Waals surface area contributed by atoms with Crippen LogP contribution in [0.5, 0.6) is 5.75 Å². The van der Waals surface area contributed by atoms with Gasteiger partial charge in [-0.2, -0.15) is 5.10 Å². The molecule has 2 aromatic heterocycles. The predicted octanol–water partition coefficient (Wildman–Crippen LogP) is 4.22. The fourth-order valence-electron chi connectivity index (χ4n) is 4.24. The molecule has 32 heavy (non-hydrogen) atoms. The van der Waals surface area contributed by atoms with Crippen LogP contribution < -0.4 is 4.74 Å². The number of nitrogens with zero attached hydrogens (tertiary/aromatic N) is 6. The van der Waals surface area contributed by atoms with Crippen LogP contribution in [0.2, 0.25) is 0 Å².